The molecule has 0 atom stereocenters. The van der Waals surface area contributed by atoms with Gasteiger partial charge in [-0.05, 0) is 38.1 Å². The molecule has 0 fully saturated rings. The molecule has 2 aromatic carbocycles. The van der Waals surface area contributed by atoms with Gasteiger partial charge in [-0.1, -0.05) is 29.3 Å². The van der Waals surface area contributed by atoms with Gasteiger partial charge in [0.1, 0.15) is 28.4 Å². The number of halogens is 2. The second-order valence-corrected chi connectivity index (χ2v) is 10.3. The van der Waals surface area contributed by atoms with Crippen LogP contribution in [-0.2, 0) is 10.0 Å². The SMILES string of the molecule is COc1ccc(C(=O)c2cn(C(C)C)c3ncnc(N)c23)cc1-c1ccc(Cl)c(S(N)(=O)=O)c1Cl. The van der Waals surface area contributed by atoms with Gasteiger partial charge in [-0.25, -0.2) is 23.5 Å². The number of hydrogen-bond donors (Lipinski definition) is 2. The summed E-state index contributed by atoms with van der Waals surface area (Å²) in [6, 6.07) is 7.65. The second-order valence-electron chi connectivity index (χ2n) is 8.03. The van der Waals surface area contributed by atoms with Crippen molar-refractivity contribution >= 4 is 55.9 Å². The molecule has 0 radical (unpaired) electrons. The summed E-state index contributed by atoms with van der Waals surface area (Å²) in [6.45, 7) is 3.92. The van der Waals surface area contributed by atoms with Crippen LogP contribution in [-0.4, -0.2) is 35.8 Å². The molecule has 9 nitrogen and oxygen atoms in total. The number of primary sulfonamides is 1. The Morgan fingerprint density at radius 1 is 1.11 bits per heavy atom. The molecule has 4 rings (SSSR count). The monoisotopic (exact) mass is 533 g/mol. The number of carbonyl (C=O) groups excluding carboxylic acids is 1. The van der Waals surface area contributed by atoms with E-state index in [2.05, 4.69) is 9.97 Å². The molecular weight excluding hydrogens is 513 g/mol. The van der Waals surface area contributed by atoms with Gasteiger partial charge in [0.15, 0.2) is 5.78 Å². The average Bonchev–Trinajstić information content (AvgIpc) is 3.19. The Balaban J connectivity index is 1.93. The lowest BCUT2D eigenvalue weighted by Gasteiger charge is -2.14. The highest BCUT2D eigenvalue weighted by Gasteiger charge is 2.25. The lowest BCUT2D eigenvalue weighted by Crippen LogP contribution is -2.13. The number of sulfonamides is 1. The Morgan fingerprint density at radius 2 is 1.83 bits per heavy atom. The Kier molecular flexibility index (Phi) is 6.50. The molecule has 182 valence electrons. The largest absolute Gasteiger partial charge is 0.496 e. The number of carbonyl (C=O) groups is 1. The number of nitrogens with zero attached hydrogens (tertiary/aromatic N) is 3. The number of hydrogen-bond acceptors (Lipinski definition) is 7. The summed E-state index contributed by atoms with van der Waals surface area (Å²) in [5.74, 6) is 0.209. The summed E-state index contributed by atoms with van der Waals surface area (Å²) in [6.07, 6.45) is 3.04. The minimum atomic E-state index is -4.22. The van der Waals surface area contributed by atoms with Gasteiger partial charge in [-0.3, -0.25) is 4.79 Å². The Labute approximate surface area is 211 Å². The van der Waals surface area contributed by atoms with E-state index in [0.717, 1.165) is 0 Å². The van der Waals surface area contributed by atoms with Crippen molar-refractivity contribution in [1.29, 1.82) is 0 Å². The number of ketones is 1. The summed E-state index contributed by atoms with van der Waals surface area (Å²) in [7, 11) is -2.78. The van der Waals surface area contributed by atoms with Crippen molar-refractivity contribution in [2.45, 2.75) is 24.8 Å². The maximum atomic E-state index is 13.7. The number of rotatable bonds is 6. The standard InChI is InChI=1S/C23H21Cl2N5O4S/c1-11(2)30-9-15(18-22(26)28-10-29-23(18)30)20(31)12-4-7-17(34-3)14(8-12)13-5-6-16(24)21(19(13)25)35(27,32)33/h4-11H,1-3H3,(H2,26,28,29)(H2,27,32,33). The van der Waals surface area contributed by atoms with Crippen molar-refractivity contribution in [2.24, 2.45) is 5.14 Å². The molecule has 0 aliphatic carbocycles. The van der Waals surface area contributed by atoms with Gasteiger partial charge in [-0.15, -0.1) is 0 Å². The Bertz CT molecular complexity index is 1600. The highest BCUT2D eigenvalue weighted by atomic mass is 35.5. The molecule has 0 spiro atoms. The zero-order valence-corrected chi connectivity index (χ0v) is 21.2. The van der Waals surface area contributed by atoms with Crippen LogP contribution in [0.3, 0.4) is 0 Å². The van der Waals surface area contributed by atoms with Crippen LogP contribution in [0.1, 0.15) is 35.8 Å². The molecule has 0 saturated carbocycles. The summed E-state index contributed by atoms with van der Waals surface area (Å²) >= 11 is 12.5. The smallest absolute Gasteiger partial charge is 0.241 e. The molecule has 12 heteroatoms. The lowest BCUT2D eigenvalue weighted by molar-refractivity contribution is 0.104. The average molecular weight is 534 g/mol. The van der Waals surface area contributed by atoms with Crippen LogP contribution in [0.5, 0.6) is 5.75 Å². The summed E-state index contributed by atoms with van der Waals surface area (Å²) in [4.78, 5) is 21.6. The third kappa shape index (κ3) is 4.34. The molecule has 0 amide bonds. The van der Waals surface area contributed by atoms with Gasteiger partial charge in [0, 0.05) is 28.9 Å². The van der Waals surface area contributed by atoms with Gasteiger partial charge in [0.05, 0.1) is 28.1 Å². The minimum Gasteiger partial charge on any atom is -0.496 e. The molecule has 0 unspecified atom stereocenters. The highest BCUT2D eigenvalue weighted by molar-refractivity contribution is 7.89. The molecule has 35 heavy (non-hydrogen) atoms. The fourth-order valence-electron chi connectivity index (χ4n) is 3.89. The van der Waals surface area contributed by atoms with Crippen molar-refractivity contribution in [3.8, 4) is 16.9 Å². The Morgan fingerprint density at radius 3 is 2.46 bits per heavy atom. The van der Waals surface area contributed by atoms with Crippen molar-refractivity contribution in [3.63, 3.8) is 0 Å². The molecule has 0 bridgehead atoms. The van der Waals surface area contributed by atoms with Gasteiger partial charge in [-0.2, -0.15) is 0 Å². The number of ether oxygens (including phenoxy) is 1. The number of benzene rings is 2. The van der Waals surface area contributed by atoms with Crippen molar-refractivity contribution < 1.29 is 17.9 Å². The van der Waals surface area contributed by atoms with E-state index in [1.807, 2.05) is 18.4 Å². The van der Waals surface area contributed by atoms with Crippen molar-refractivity contribution in [3.05, 3.63) is 64.0 Å². The maximum absolute atomic E-state index is 13.7. The normalized spacial score (nSPS) is 11.9. The van der Waals surface area contributed by atoms with Crippen molar-refractivity contribution in [2.75, 3.05) is 12.8 Å². The minimum absolute atomic E-state index is 0.0179. The fourth-order valence-corrected chi connectivity index (χ4v) is 5.71. The number of aromatic nitrogens is 3. The first-order valence-corrected chi connectivity index (χ1v) is 12.6. The molecule has 4 aromatic rings. The molecule has 0 saturated heterocycles. The molecule has 0 aliphatic heterocycles. The first kappa shape index (κ1) is 24.9. The van der Waals surface area contributed by atoms with Crippen LogP contribution in [0.2, 0.25) is 10.0 Å². The number of fused-ring (bicyclic) bond motifs is 1. The zero-order valence-electron chi connectivity index (χ0n) is 18.9. The van der Waals surface area contributed by atoms with Crippen LogP contribution in [0.15, 0.2) is 47.8 Å². The van der Waals surface area contributed by atoms with E-state index >= 15 is 0 Å². The van der Waals surface area contributed by atoms with E-state index in [9.17, 15) is 13.2 Å². The first-order chi connectivity index (χ1) is 16.5. The molecule has 4 N–H and O–H groups in total. The maximum Gasteiger partial charge on any atom is 0.241 e. The van der Waals surface area contributed by atoms with Crippen LogP contribution >= 0.6 is 23.2 Å². The Hall–Kier alpha value is -3.18. The fraction of sp³-hybridized carbons (Fsp3) is 0.174. The van der Waals surface area contributed by atoms with Gasteiger partial charge in [0.25, 0.3) is 0 Å². The van der Waals surface area contributed by atoms with E-state index in [1.54, 1.807) is 24.4 Å². The van der Waals surface area contributed by atoms with Crippen LogP contribution in [0.25, 0.3) is 22.2 Å². The van der Waals surface area contributed by atoms with Gasteiger partial charge in [0.2, 0.25) is 10.0 Å². The topological polar surface area (TPSA) is 143 Å². The van der Waals surface area contributed by atoms with E-state index in [-0.39, 0.29) is 38.8 Å². The third-order valence-electron chi connectivity index (χ3n) is 5.53. The van der Waals surface area contributed by atoms with E-state index in [0.29, 0.717) is 27.9 Å². The predicted octanol–water partition coefficient (Wildman–Crippen LogP) is 4.46. The molecular formula is C23H21Cl2N5O4S. The van der Waals surface area contributed by atoms with E-state index in [4.69, 9.17) is 38.8 Å². The zero-order chi connectivity index (χ0) is 25.7. The second kappa shape index (κ2) is 9.12. The first-order valence-electron chi connectivity index (χ1n) is 10.3. The summed E-state index contributed by atoms with van der Waals surface area (Å²) < 4.78 is 31.5. The number of methoxy groups -OCH3 is 1. The number of nitrogen functional groups attached to an aromatic ring is 1. The quantitative estimate of drug-likeness (QED) is 0.348. The highest BCUT2D eigenvalue weighted by Crippen LogP contribution is 2.41. The number of nitrogens with two attached hydrogens (primary N) is 2. The van der Waals surface area contributed by atoms with Crippen LogP contribution in [0, 0.1) is 0 Å². The van der Waals surface area contributed by atoms with Gasteiger partial charge >= 0.3 is 0 Å². The third-order valence-corrected chi connectivity index (χ3v) is 7.45. The summed E-state index contributed by atoms with van der Waals surface area (Å²) in [5, 5.41) is 5.46. The van der Waals surface area contributed by atoms with E-state index < -0.39 is 14.9 Å². The van der Waals surface area contributed by atoms with E-state index in [1.165, 1.54) is 25.6 Å². The predicted molar refractivity (Wildman–Crippen MR) is 136 cm³/mol. The molecule has 2 aromatic heterocycles. The van der Waals surface area contributed by atoms with Crippen LogP contribution in [0.4, 0.5) is 5.82 Å². The van der Waals surface area contributed by atoms with Crippen LogP contribution < -0.4 is 15.6 Å². The lowest BCUT2D eigenvalue weighted by atomic mass is 9.97. The number of anilines is 1. The molecule has 2 heterocycles. The summed E-state index contributed by atoms with van der Waals surface area (Å²) in [5.41, 5.74) is 7.92. The van der Waals surface area contributed by atoms with Crippen molar-refractivity contribution in [1.82, 2.24) is 14.5 Å². The molecule has 0 aliphatic rings. The van der Waals surface area contributed by atoms with Gasteiger partial charge < -0.3 is 15.0 Å².